The minimum Gasteiger partial charge on any atom is -0.378 e. The summed E-state index contributed by atoms with van der Waals surface area (Å²) in [6.07, 6.45) is 2.38. The molecule has 2 aromatic rings. The predicted molar refractivity (Wildman–Crippen MR) is 117 cm³/mol. The molecule has 1 heterocycles. The molecule has 2 unspecified atom stereocenters. The van der Waals surface area contributed by atoms with E-state index in [9.17, 15) is 23.5 Å². The van der Waals surface area contributed by atoms with Crippen LogP contribution < -0.4 is 10.6 Å². The zero-order valence-corrected chi connectivity index (χ0v) is 19.0. The smallest absolute Gasteiger partial charge is 0.254 e. The zero-order valence-electron chi connectivity index (χ0n) is 19.0. The number of carbonyl (C=O) groups is 2. The molecule has 0 radical (unpaired) electrons. The third kappa shape index (κ3) is 6.83. The van der Waals surface area contributed by atoms with Crippen molar-refractivity contribution in [3.8, 4) is 0 Å². The third-order valence-electron chi connectivity index (χ3n) is 4.90. The van der Waals surface area contributed by atoms with Crippen LogP contribution in [0.3, 0.4) is 0 Å². The van der Waals surface area contributed by atoms with Gasteiger partial charge >= 0.3 is 0 Å². The maximum atomic E-state index is 13.4. The Morgan fingerprint density at radius 3 is 2.38 bits per heavy atom. The number of hydrogen-bond donors (Lipinski definition) is 3. The molecule has 0 aliphatic rings. The number of aromatic nitrogens is 2. The number of nitrogens with one attached hydrogen (secondary N) is 2. The molecule has 2 rings (SSSR count). The second-order valence-corrected chi connectivity index (χ2v) is 8.66. The molecule has 1 aromatic heterocycles. The highest BCUT2D eigenvalue weighted by molar-refractivity contribution is 5.97. The van der Waals surface area contributed by atoms with Crippen LogP contribution in [-0.4, -0.2) is 58.1 Å². The second kappa shape index (κ2) is 10.6. The molecule has 10 heteroatoms. The summed E-state index contributed by atoms with van der Waals surface area (Å²) in [6.45, 7) is 6.67. The molecule has 1 aromatic carbocycles. The van der Waals surface area contributed by atoms with Gasteiger partial charge in [0.2, 0.25) is 5.91 Å². The summed E-state index contributed by atoms with van der Waals surface area (Å²) in [6, 6.07) is 1.41. The van der Waals surface area contributed by atoms with Crippen LogP contribution in [-0.2, 0) is 15.1 Å². The number of aliphatic hydroxyl groups excluding tert-OH is 1. The number of hydrogen-bond acceptors (Lipinski definition) is 5. The Bertz CT molecular complexity index is 925. The number of anilines is 1. The van der Waals surface area contributed by atoms with Crippen molar-refractivity contribution >= 4 is 17.6 Å². The van der Waals surface area contributed by atoms with Gasteiger partial charge in [-0.1, -0.05) is 13.3 Å². The molecular weight excluding hydrogens is 420 g/mol. The van der Waals surface area contributed by atoms with Gasteiger partial charge in [-0.15, -0.1) is 0 Å². The summed E-state index contributed by atoms with van der Waals surface area (Å²) in [4.78, 5) is 31.5. The second-order valence-electron chi connectivity index (χ2n) is 8.66. The van der Waals surface area contributed by atoms with Crippen molar-refractivity contribution in [3.05, 3.63) is 47.9 Å². The van der Waals surface area contributed by atoms with Gasteiger partial charge in [0.25, 0.3) is 5.91 Å². The first-order valence-corrected chi connectivity index (χ1v) is 10.4. The molecule has 0 fully saturated rings. The minimum atomic E-state index is -1.82. The first-order chi connectivity index (χ1) is 14.9. The Labute approximate surface area is 186 Å². The van der Waals surface area contributed by atoms with Gasteiger partial charge in [0, 0.05) is 18.8 Å². The van der Waals surface area contributed by atoms with Crippen LogP contribution in [0.15, 0.2) is 30.7 Å². The van der Waals surface area contributed by atoms with Gasteiger partial charge in [0.1, 0.15) is 17.7 Å². The van der Waals surface area contributed by atoms with Gasteiger partial charge in [0.05, 0.1) is 11.9 Å². The Morgan fingerprint density at radius 1 is 1.19 bits per heavy atom. The van der Waals surface area contributed by atoms with Gasteiger partial charge in [-0.3, -0.25) is 9.59 Å². The fraction of sp³-hybridized carbons (Fsp3) is 0.500. The van der Waals surface area contributed by atoms with Crippen molar-refractivity contribution in [2.75, 3.05) is 26.0 Å². The van der Waals surface area contributed by atoms with Crippen molar-refractivity contribution in [1.82, 2.24) is 19.8 Å². The normalized spacial score (nSPS) is 13.7. The lowest BCUT2D eigenvalue weighted by atomic mass is 10.1. The number of amides is 2. The van der Waals surface area contributed by atoms with Crippen LogP contribution >= 0.6 is 0 Å². The molecule has 2 atom stereocenters. The first kappa shape index (κ1) is 25.4. The largest absolute Gasteiger partial charge is 0.378 e. The molecule has 0 saturated heterocycles. The van der Waals surface area contributed by atoms with E-state index in [1.807, 2.05) is 44.3 Å². The number of aliphatic hydroxyl groups is 1. The maximum absolute atomic E-state index is 13.4. The molecule has 2 amide bonds. The Morgan fingerprint density at radius 2 is 1.81 bits per heavy atom. The lowest BCUT2D eigenvalue weighted by Crippen LogP contribution is -2.45. The molecule has 0 bridgehead atoms. The number of carbonyl (C=O) groups excluding carboxylic acids is 2. The van der Waals surface area contributed by atoms with E-state index in [2.05, 4.69) is 15.6 Å². The summed E-state index contributed by atoms with van der Waals surface area (Å²) >= 11 is 0. The Hall–Kier alpha value is -2.85. The SMILES string of the molecule is CCCC(NC(=O)C(O)c1cc(F)cc(F)c1)C(=O)Nc1cn(C(C)(C)CN(C)C)cn1. The summed E-state index contributed by atoms with van der Waals surface area (Å²) in [5, 5.41) is 15.3. The fourth-order valence-corrected chi connectivity index (χ4v) is 3.48. The van der Waals surface area contributed by atoms with Crippen LogP contribution in [0, 0.1) is 11.6 Å². The zero-order chi connectivity index (χ0) is 24.1. The van der Waals surface area contributed by atoms with Gasteiger partial charge in [-0.2, -0.15) is 0 Å². The Kier molecular flexibility index (Phi) is 8.45. The molecule has 8 nitrogen and oxygen atoms in total. The van der Waals surface area contributed by atoms with Crippen molar-refractivity contribution in [2.45, 2.75) is 51.3 Å². The van der Waals surface area contributed by atoms with Crippen LogP contribution in [0.1, 0.15) is 45.3 Å². The van der Waals surface area contributed by atoms with E-state index < -0.39 is 35.6 Å². The number of imidazole rings is 1. The highest BCUT2D eigenvalue weighted by Gasteiger charge is 2.27. The number of halogens is 2. The highest BCUT2D eigenvalue weighted by Crippen LogP contribution is 2.19. The molecule has 3 N–H and O–H groups in total. The standard InChI is InChI=1S/C22H31F2N5O3/c1-6-7-17(26-21(32)19(30)14-8-15(23)10-16(24)9-14)20(31)27-18-11-29(13-25-18)22(2,3)12-28(4)5/h8-11,13,17,19,30H,6-7,12H2,1-5H3,(H,26,32)(H,27,31). The summed E-state index contributed by atoms with van der Waals surface area (Å²) < 4.78 is 28.7. The molecule has 0 saturated carbocycles. The molecule has 0 spiro atoms. The van der Waals surface area contributed by atoms with Crippen LogP contribution in [0.25, 0.3) is 0 Å². The average molecular weight is 452 g/mol. The molecule has 32 heavy (non-hydrogen) atoms. The van der Waals surface area contributed by atoms with Gasteiger partial charge in [-0.05, 0) is 52.1 Å². The Balaban J connectivity index is 2.08. The lowest BCUT2D eigenvalue weighted by Gasteiger charge is -2.29. The topological polar surface area (TPSA) is 99.5 Å². The van der Waals surface area contributed by atoms with Crippen molar-refractivity contribution in [2.24, 2.45) is 0 Å². The van der Waals surface area contributed by atoms with E-state index in [0.29, 0.717) is 24.7 Å². The molecule has 0 aliphatic heterocycles. The first-order valence-electron chi connectivity index (χ1n) is 10.4. The van der Waals surface area contributed by atoms with Crippen LogP contribution in [0.2, 0.25) is 0 Å². The van der Waals surface area contributed by atoms with Gasteiger partial charge in [0.15, 0.2) is 11.9 Å². The van der Waals surface area contributed by atoms with E-state index in [0.717, 1.165) is 18.7 Å². The minimum absolute atomic E-state index is 0.238. The predicted octanol–water partition coefficient (Wildman–Crippen LogP) is 2.42. The molecular formula is C22H31F2N5O3. The van der Waals surface area contributed by atoms with E-state index in [1.165, 1.54) is 0 Å². The monoisotopic (exact) mass is 451 g/mol. The summed E-state index contributed by atoms with van der Waals surface area (Å²) in [7, 11) is 3.93. The summed E-state index contributed by atoms with van der Waals surface area (Å²) in [5.74, 6) is -2.94. The molecule has 176 valence electrons. The molecule has 0 aliphatic carbocycles. The van der Waals surface area contributed by atoms with Crippen LogP contribution in [0.5, 0.6) is 0 Å². The van der Waals surface area contributed by atoms with Crippen molar-refractivity contribution in [1.29, 1.82) is 0 Å². The quantitative estimate of drug-likeness (QED) is 0.515. The maximum Gasteiger partial charge on any atom is 0.254 e. The van der Waals surface area contributed by atoms with E-state index >= 15 is 0 Å². The lowest BCUT2D eigenvalue weighted by molar-refractivity contribution is -0.133. The fourth-order valence-electron chi connectivity index (χ4n) is 3.48. The van der Waals surface area contributed by atoms with Crippen molar-refractivity contribution in [3.63, 3.8) is 0 Å². The van der Waals surface area contributed by atoms with E-state index in [1.54, 1.807) is 12.5 Å². The number of nitrogens with zero attached hydrogens (tertiary/aromatic N) is 3. The van der Waals surface area contributed by atoms with Crippen molar-refractivity contribution < 1.29 is 23.5 Å². The van der Waals surface area contributed by atoms with E-state index in [4.69, 9.17) is 0 Å². The third-order valence-corrected chi connectivity index (χ3v) is 4.90. The number of rotatable bonds is 10. The van der Waals surface area contributed by atoms with Crippen LogP contribution in [0.4, 0.5) is 14.6 Å². The highest BCUT2D eigenvalue weighted by atomic mass is 19.1. The average Bonchev–Trinajstić information content (AvgIpc) is 3.14. The van der Waals surface area contributed by atoms with E-state index in [-0.39, 0.29) is 11.1 Å². The number of likely N-dealkylation sites (N-methyl/N-ethyl adjacent to an activating group) is 1. The van der Waals surface area contributed by atoms with Gasteiger partial charge < -0.3 is 25.2 Å². The number of benzene rings is 1. The van der Waals surface area contributed by atoms with Gasteiger partial charge in [-0.25, -0.2) is 13.8 Å². The summed E-state index contributed by atoms with van der Waals surface area (Å²) in [5.41, 5.74) is -0.501.